The fraction of sp³-hybridized carbons (Fsp3) is 1.00. The lowest BCUT2D eigenvalue weighted by atomic mass is 10.0. The molecule has 2 nitrogen and oxygen atoms in total. The van der Waals surface area contributed by atoms with Crippen molar-refractivity contribution >= 4 is 11.8 Å². The van der Waals surface area contributed by atoms with Gasteiger partial charge in [0.05, 0.1) is 0 Å². The van der Waals surface area contributed by atoms with Crippen LogP contribution in [0.5, 0.6) is 0 Å². The Bertz CT molecular complexity index is 161. The van der Waals surface area contributed by atoms with Crippen molar-refractivity contribution in [3.05, 3.63) is 0 Å². The van der Waals surface area contributed by atoms with Gasteiger partial charge in [-0.1, -0.05) is 6.92 Å². The van der Waals surface area contributed by atoms with E-state index in [-0.39, 0.29) is 0 Å². The second-order valence-corrected chi connectivity index (χ2v) is 5.54. The first-order valence-corrected chi connectivity index (χ1v) is 7.09. The van der Waals surface area contributed by atoms with Crippen LogP contribution in [0.2, 0.25) is 0 Å². The van der Waals surface area contributed by atoms with Gasteiger partial charge in [0.1, 0.15) is 0 Å². The van der Waals surface area contributed by atoms with Crippen LogP contribution in [0.15, 0.2) is 0 Å². The van der Waals surface area contributed by atoms with Gasteiger partial charge in [-0.2, -0.15) is 11.8 Å². The summed E-state index contributed by atoms with van der Waals surface area (Å²) in [5.74, 6) is 2.71. The van der Waals surface area contributed by atoms with Gasteiger partial charge < -0.3 is 4.90 Å². The summed E-state index contributed by atoms with van der Waals surface area (Å²) < 4.78 is 0. The fourth-order valence-corrected chi connectivity index (χ4v) is 3.47. The van der Waals surface area contributed by atoms with E-state index in [1.165, 1.54) is 57.1 Å². The zero-order valence-electron chi connectivity index (χ0n) is 9.24. The van der Waals surface area contributed by atoms with Crippen LogP contribution in [0, 0.1) is 0 Å². The first kappa shape index (κ1) is 10.8. The highest BCUT2D eigenvalue weighted by atomic mass is 32.2. The van der Waals surface area contributed by atoms with Crippen molar-refractivity contribution < 1.29 is 0 Å². The molecule has 2 saturated heterocycles. The lowest BCUT2D eigenvalue weighted by Crippen LogP contribution is -2.47. The van der Waals surface area contributed by atoms with Gasteiger partial charge in [0.15, 0.2) is 0 Å². The summed E-state index contributed by atoms with van der Waals surface area (Å²) in [6.45, 7) is 8.83. The number of hydrogen-bond donors (Lipinski definition) is 0. The molecule has 2 rings (SSSR count). The van der Waals surface area contributed by atoms with E-state index in [4.69, 9.17) is 0 Å². The molecule has 2 fully saturated rings. The molecular weight excluding hydrogens is 192 g/mol. The van der Waals surface area contributed by atoms with Gasteiger partial charge in [-0.3, -0.25) is 4.90 Å². The van der Waals surface area contributed by atoms with E-state index < -0.39 is 0 Å². The summed E-state index contributed by atoms with van der Waals surface area (Å²) in [4.78, 5) is 5.30. The minimum atomic E-state index is 0.902. The minimum Gasteiger partial charge on any atom is -0.303 e. The molecule has 2 aliphatic rings. The first-order valence-electron chi connectivity index (χ1n) is 5.94. The van der Waals surface area contributed by atoms with Gasteiger partial charge in [0, 0.05) is 30.6 Å². The molecule has 0 spiro atoms. The molecule has 0 saturated carbocycles. The standard InChI is InChI=1S/C11H22N2S/c1-2-12-5-3-11(4-6-12)13-7-9-14-10-8-13/h11H,2-10H2,1H3. The molecule has 0 atom stereocenters. The third kappa shape index (κ3) is 2.65. The highest BCUT2D eigenvalue weighted by Crippen LogP contribution is 2.20. The normalized spacial score (nSPS) is 28.1. The number of likely N-dealkylation sites (tertiary alicyclic amines) is 1. The lowest BCUT2D eigenvalue weighted by Gasteiger charge is -2.39. The van der Waals surface area contributed by atoms with Crippen LogP contribution in [-0.2, 0) is 0 Å². The van der Waals surface area contributed by atoms with E-state index in [2.05, 4.69) is 28.5 Å². The van der Waals surface area contributed by atoms with Gasteiger partial charge in [0.2, 0.25) is 0 Å². The van der Waals surface area contributed by atoms with E-state index in [0.29, 0.717) is 0 Å². The summed E-state index contributed by atoms with van der Waals surface area (Å²) in [7, 11) is 0. The average Bonchev–Trinajstić information content (AvgIpc) is 2.30. The molecular formula is C11H22N2S. The summed E-state index contributed by atoms with van der Waals surface area (Å²) in [5, 5.41) is 0. The molecule has 0 radical (unpaired) electrons. The molecule has 0 aliphatic carbocycles. The Hall–Kier alpha value is 0.270. The molecule has 0 N–H and O–H groups in total. The van der Waals surface area contributed by atoms with Gasteiger partial charge >= 0.3 is 0 Å². The smallest absolute Gasteiger partial charge is 0.0120 e. The molecule has 2 heterocycles. The Labute approximate surface area is 92.0 Å². The van der Waals surface area contributed by atoms with Crippen LogP contribution in [0.4, 0.5) is 0 Å². The Morgan fingerprint density at radius 1 is 1.07 bits per heavy atom. The topological polar surface area (TPSA) is 6.48 Å². The summed E-state index contributed by atoms with van der Waals surface area (Å²) in [5.41, 5.74) is 0. The van der Waals surface area contributed by atoms with Crippen LogP contribution in [0.3, 0.4) is 0 Å². The number of nitrogens with zero attached hydrogens (tertiary/aromatic N) is 2. The number of piperidine rings is 1. The highest BCUT2D eigenvalue weighted by molar-refractivity contribution is 7.99. The zero-order chi connectivity index (χ0) is 9.80. The Kier molecular flexibility index (Phi) is 4.14. The second kappa shape index (κ2) is 5.38. The maximum absolute atomic E-state index is 2.73. The minimum absolute atomic E-state index is 0.902. The number of thioether (sulfide) groups is 1. The van der Waals surface area contributed by atoms with Crippen LogP contribution in [0.25, 0.3) is 0 Å². The first-order chi connectivity index (χ1) is 6.90. The van der Waals surface area contributed by atoms with Gasteiger partial charge in [-0.15, -0.1) is 0 Å². The number of hydrogen-bond acceptors (Lipinski definition) is 3. The van der Waals surface area contributed by atoms with Gasteiger partial charge in [-0.25, -0.2) is 0 Å². The summed E-state index contributed by atoms with van der Waals surface area (Å²) in [6, 6.07) is 0.902. The monoisotopic (exact) mass is 214 g/mol. The summed E-state index contributed by atoms with van der Waals surface area (Å²) in [6.07, 6.45) is 2.80. The van der Waals surface area contributed by atoms with E-state index in [1.807, 2.05) is 0 Å². The molecule has 2 aliphatic heterocycles. The van der Waals surface area contributed by atoms with Crippen LogP contribution < -0.4 is 0 Å². The maximum atomic E-state index is 2.73. The summed E-state index contributed by atoms with van der Waals surface area (Å²) >= 11 is 2.12. The lowest BCUT2D eigenvalue weighted by molar-refractivity contribution is 0.120. The van der Waals surface area contributed by atoms with Crippen molar-refractivity contribution in [2.45, 2.75) is 25.8 Å². The largest absolute Gasteiger partial charge is 0.303 e. The SMILES string of the molecule is CCN1CCC(N2CCSCC2)CC1. The molecule has 0 aromatic carbocycles. The molecule has 3 heteroatoms. The van der Waals surface area contributed by atoms with E-state index in [0.717, 1.165) is 6.04 Å². The van der Waals surface area contributed by atoms with Crippen LogP contribution >= 0.6 is 11.8 Å². The molecule has 0 unspecified atom stereocenters. The molecule has 0 amide bonds. The van der Waals surface area contributed by atoms with Crippen molar-refractivity contribution in [1.82, 2.24) is 9.80 Å². The second-order valence-electron chi connectivity index (χ2n) is 4.31. The molecule has 0 bridgehead atoms. The third-order valence-electron chi connectivity index (χ3n) is 3.57. The van der Waals surface area contributed by atoms with E-state index in [9.17, 15) is 0 Å². The maximum Gasteiger partial charge on any atom is 0.0120 e. The van der Waals surface area contributed by atoms with Crippen molar-refractivity contribution in [3.8, 4) is 0 Å². The predicted octanol–water partition coefficient (Wildman–Crippen LogP) is 1.52. The van der Waals surface area contributed by atoms with Gasteiger partial charge in [0.25, 0.3) is 0 Å². The Balaban J connectivity index is 1.76. The molecule has 0 aromatic rings. The highest BCUT2D eigenvalue weighted by Gasteiger charge is 2.24. The molecule has 0 aromatic heterocycles. The molecule has 14 heavy (non-hydrogen) atoms. The Morgan fingerprint density at radius 2 is 1.71 bits per heavy atom. The zero-order valence-corrected chi connectivity index (χ0v) is 10.1. The fourth-order valence-electron chi connectivity index (χ4n) is 2.54. The quantitative estimate of drug-likeness (QED) is 0.688. The van der Waals surface area contributed by atoms with Crippen molar-refractivity contribution in [2.24, 2.45) is 0 Å². The van der Waals surface area contributed by atoms with Crippen LogP contribution in [0.1, 0.15) is 19.8 Å². The van der Waals surface area contributed by atoms with Crippen molar-refractivity contribution in [1.29, 1.82) is 0 Å². The molecule has 82 valence electrons. The van der Waals surface area contributed by atoms with Gasteiger partial charge in [-0.05, 0) is 32.5 Å². The predicted molar refractivity (Wildman–Crippen MR) is 64.0 cm³/mol. The number of rotatable bonds is 2. The van der Waals surface area contributed by atoms with Crippen LogP contribution in [-0.4, -0.2) is 60.1 Å². The third-order valence-corrected chi connectivity index (χ3v) is 4.51. The van der Waals surface area contributed by atoms with E-state index in [1.54, 1.807) is 0 Å². The van der Waals surface area contributed by atoms with Crippen molar-refractivity contribution in [3.63, 3.8) is 0 Å². The van der Waals surface area contributed by atoms with Crippen molar-refractivity contribution in [2.75, 3.05) is 44.2 Å². The van der Waals surface area contributed by atoms with E-state index >= 15 is 0 Å². The Morgan fingerprint density at radius 3 is 2.29 bits per heavy atom. The average molecular weight is 214 g/mol.